The Morgan fingerprint density at radius 2 is 1.65 bits per heavy atom. The van der Waals surface area contributed by atoms with Crippen LogP contribution in [0.2, 0.25) is 0 Å². The normalized spacial score (nSPS) is 11.0. The third kappa shape index (κ3) is 3.26. The molecule has 3 rings (SSSR count). The molecule has 0 bridgehead atoms. The van der Waals surface area contributed by atoms with Gasteiger partial charge in [0.15, 0.2) is 5.82 Å². The fourth-order valence-electron chi connectivity index (χ4n) is 2.24. The van der Waals surface area contributed by atoms with Crippen molar-refractivity contribution in [3.05, 3.63) is 83.9 Å². The summed E-state index contributed by atoms with van der Waals surface area (Å²) < 4.78 is 26.5. The molecule has 0 aliphatic rings. The molecule has 4 heteroatoms. The lowest BCUT2D eigenvalue weighted by Gasteiger charge is -2.07. The van der Waals surface area contributed by atoms with Crippen LogP contribution in [0.4, 0.5) is 14.5 Å². The Morgan fingerprint density at radius 1 is 0.870 bits per heavy atom. The zero-order valence-electron chi connectivity index (χ0n) is 12.1. The Balaban J connectivity index is 1.96. The van der Waals surface area contributed by atoms with Crippen LogP contribution in [-0.2, 0) is 0 Å². The third-order valence-electron chi connectivity index (χ3n) is 3.40. The van der Waals surface area contributed by atoms with E-state index in [1.807, 2.05) is 30.3 Å². The molecule has 0 unspecified atom stereocenters. The van der Waals surface area contributed by atoms with Crippen LogP contribution in [-0.4, -0.2) is 11.3 Å². The number of phenolic OH excluding ortho intramolecular Hbond substituents is 1. The Kier molecular flexibility index (Phi) is 4.15. The number of nitrogens with zero attached hydrogens (tertiary/aromatic N) is 1. The summed E-state index contributed by atoms with van der Waals surface area (Å²) in [4.78, 5) is 3.99. The summed E-state index contributed by atoms with van der Waals surface area (Å²) in [5, 5.41) is 10.4. The molecule has 2 nitrogen and oxygen atoms in total. The first kappa shape index (κ1) is 14.9. The van der Waals surface area contributed by atoms with Gasteiger partial charge in [0.05, 0.1) is 5.69 Å². The van der Waals surface area contributed by atoms with E-state index in [4.69, 9.17) is 0 Å². The second kappa shape index (κ2) is 6.40. The predicted molar refractivity (Wildman–Crippen MR) is 87.2 cm³/mol. The Hall–Kier alpha value is -3.01. The average Bonchev–Trinajstić information content (AvgIpc) is 2.56. The van der Waals surface area contributed by atoms with Crippen molar-refractivity contribution in [3.63, 3.8) is 0 Å². The van der Waals surface area contributed by atoms with Crippen molar-refractivity contribution >= 4 is 11.9 Å². The van der Waals surface area contributed by atoms with E-state index < -0.39 is 11.6 Å². The van der Waals surface area contributed by atoms with Gasteiger partial charge in [-0.05, 0) is 23.8 Å². The predicted octanol–water partition coefficient (Wildman–Crippen LogP) is 5.09. The number of para-hydroxylation sites is 1. The molecule has 0 aromatic heterocycles. The minimum atomic E-state index is -0.750. The number of halogens is 2. The lowest BCUT2D eigenvalue weighted by Crippen LogP contribution is -1.87. The average molecular weight is 309 g/mol. The van der Waals surface area contributed by atoms with Crippen molar-refractivity contribution in [1.29, 1.82) is 0 Å². The van der Waals surface area contributed by atoms with Crippen LogP contribution in [0.5, 0.6) is 5.75 Å². The maximum absolute atomic E-state index is 13.6. The van der Waals surface area contributed by atoms with Crippen LogP contribution >= 0.6 is 0 Å². The number of aliphatic imine (C=N–C) groups is 1. The number of benzene rings is 3. The number of rotatable bonds is 3. The van der Waals surface area contributed by atoms with Crippen molar-refractivity contribution in [2.24, 2.45) is 4.99 Å². The number of hydrogen-bond acceptors (Lipinski definition) is 2. The summed E-state index contributed by atoms with van der Waals surface area (Å²) in [6, 6.07) is 17.8. The zero-order chi connectivity index (χ0) is 16.2. The summed E-state index contributed by atoms with van der Waals surface area (Å²) in [6.45, 7) is 0. The number of phenols is 1. The van der Waals surface area contributed by atoms with Crippen molar-refractivity contribution < 1.29 is 13.9 Å². The van der Waals surface area contributed by atoms with Crippen molar-refractivity contribution in [2.45, 2.75) is 0 Å². The maximum Gasteiger partial charge on any atom is 0.151 e. The van der Waals surface area contributed by atoms with Crippen LogP contribution in [0.3, 0.4) is 0 Å². The lowest BCUT2D eigenvalue weighted by atomic mass is 10.0. The summed E-state index contributed by atoms with van der Waals surface area (Å²) in [5.74, 6) is -1.35. The molecule has 3 aromatic carbocycles. The van der Waals surface area contributed by atoms with Gasteiger partial charge in [-0.15, -0.1) is 0 Å². The van der Waals surface area contributed by atoms with Gasteiger partial charge in [0, 0.05) is 23.4 Å². The highest BCUT2D eigenvalue weighted by Gasteiger charge is 2.08. The van der Waals surface area contributed by atoms with Gasteiger partial charge in [-0.3, -0.25) is 4.99 Å². The quantitative estimate of drug-likeness (QED) is 0.672. The first-order valence-electron chi connectivity index (χ1n) is 7.01. The molecular weight excluding hydrogens is 296 g/mol. The van der Waals surface area contributed by atoms with Crippen molar-refractivity contribution in [2.75, 3.05) is 0 Å². The molecule has 0 amide bonds. The topological polar surface area (TPSA) is 32.6 Å². The van der Waals surface area contributed by atoms with E-state index in [0.717, 1.165) is 17.7 Å². The molecule has 0 radical (unpaired) electrons. The fraction of sp³-hybridized carbons (Fsp3) is 0. The molecule has 0 saturated carbocycles. The van der Waals surface area contributed by atoms with Gasteiger partial charge in [-0.1, -0.05) is 42.5 Å². The van der Waals surface area contributed by atoms with Gasteiger partial charge in [0.25, 0.3) is 0 Å². The van der Waals surface area contributed by atoms with E-state index in [0.29, 0.717) is 11.1 Å². The van der Waals surface area contributed by atoms with E-state index >= 15 is 0 Å². The largest absolute Gasteiger partial charge is 0.507 e. The van der Waals surface area contributed by atoms with Gasteiger partial charge in [0.2, 0.25) is 0 Å². The molecule has 0 atom stereocenters. The minimum Gasteiger partial charge on any atom is -0.507 e. The van der Waals surface area contributed by atoms with E-state index in [9.17, 15) is 13.9 Å². The van der Waals surface area contributed by atoms with Gasteiger partial charge in [-0.25, -0.2) is 8.78 Å². The summed E-state index contributed by atoms with van der Waals surface area (Å²) >= 11 is 0. The highest BCUT2D eigenvalue weighted by atomic mass is 19.1. The standard InChI is InChI=1S/C19H13F2NO/c20-15-9-10-18(17(21)11-15)22-12-14-7-4-8-16(19(14)23)13-5-2-1-3-6-13/h1-12,23H. The first-order valence-corrected chi connectivity index (χ1v) is 7.01. The molecule has 114 valence electrons. The molecular formula is C19H13F2NO. The van der Waals surface area contributed by atoms with Crippen LogP contribution in [0.15, 0.2) is 71.7 Å². The van der Waals surface area contributed by atoms with E-state index in [1.165, 1.54) is 12.3 Å². The smallest absolute Gasteiger partial charge is 0.151 e. The van der Waals surface area contributed by atoms with Crippen molar-refractivity contribution in [3.8, 4) is 16.9 Å². The molecule has 23 heavy (non-hydrogen) atoms. The second-order valence-electron chi connectivity index (χ2n) is 4.96. The Bertz CT molecular complexity index is 860. The van der Waals surface area contributed by atoms with Crippen molar-refractivity contribution in [1.82, 2.24) is 0 Å². The molecule has 0 spiro atoms. The summed E-state index contributed by atoms with van der Waals surface area (Å²) in [6.07, 6.45) is 1.36. The van der Waals surface area contributed by atoms with Gasteiger partial charge in [0.1, 0.15) is 11.6 Å². The Morgan fingerprint density at radius 3 is 2.39 bits per heavy atom. The molecule has 0 aliphatic carbocycles. The monoisotopic (exact) mass is 309 g/mol. The fourth-order valence-corrected chi connectivity index (χ4v) is 2.24. The van der Waals surface area contributed by atoms with Gasteiger partial charge in [-0.2, -0.15) is 0 Å². The van der Waals surface area contributed by atoms with E-state index in [2.05, 4.69) is 4.99 Å². The summed E-state index contributed by atoms with van der Waals surface area (Å²) in [5.41, 5.74) is 1.99. The van der Waals surface area contributed by atoms with Crippen LogP contribution in [0.1, 0.15) is 5.56 Å². The molecule has 1 N–H and O–H groups in total. The molecule has 0 fully saturated rings. The van der Waals surface area contributed by atoms with Crippen LogP contribution in [0, 0.1) is 11.6 Å². The summed E-state index contributed by atoms with van der Waals surface area (Å²) in [7, 11) is 0. The molecule has 0 saturated heterocycles. The number of hydrogen-bond donors (Lipinski definition) is 1. The maximum atomic E-state index is 13.6. The van der Waals surface area contributed by atoms with E-state index in [-0.39, 0.29) is 11.4 Å². The SMILES string of the molecule is Oc1c(C=Nc2ccc(F)cc2F)cccc1-c1ccccc1. The van der Waals surface area contributed by atoms with Crippen LogP contribution < -0.4 is 0 Å². The van der Waals surface area contributed by atoms with Gasteiger partial charge >= 0.3 is 0 Å². The highest BCUT2D eigenvalue weighted by Crippen LogP contribution is 2.31. The second-order valence-corrected chi connectivity index (χ2v) is 4.96. The zero-order valence-corrected chi connectivity index (χ0v) is 12.1. The van der Waals surface area contributed by atoms with Gasteiger partial charge < -0.3 is 5.11 Å². The third-order valence-corrected chi connectivity index (χ3v) is 3.40. The highest BCUT2D eigenvalue weighted by molar-refractivity contribution is 5.89. The lowest BCUT2D eigenvalue weighted by molar-refractivity contribution is 0.476. The number of aromatic hydroxyl groups is 1. The molecule has 0 heterocycles. The Labute approximate surface area is 132 Å². The van der Waals surface area contributed by atoms with Crippen LogP contribution in [0.25, 0.3) is 11.1 Å². The minimum absolute atomic E-state index is 0.0101. The molecule has 3 aromatic rings. The first-order chi connectivity index (χ1) is 11.1. The molecule has 0 aliphatic heterocycles. The van der Waals surface area contributed by atoms with E-state index in [1.54, 1.807) is 18.2 Å².